The molecule has 0 amide bonds. The van der Waals surface area contributed by atoms with Gasteiger partial charge in [0.1, 0.15) is 8.07 Å². The first-order valence-electron chi connectivity index (χ1n) is 9.96. The lowest BCUT2D eigenvalue weighted by molar-refractivity contribution is 0.441. The molecule has 3 heteroatoms. The van der Waals surface area contributed by atoms with Gasteiger partial charge in [-0.1, -0.05) is 104 Å². The minimum Gasteiger partial charge on any atom is -0.133 e. The number of fused-ring (bicyclic) bond motifs is 2. The van der Waals surface area contributed by atoms with Gasteiger partial charge in [-0.25, -0.2) is 0 Å². The summed E-state index contributed by atoms with van der Waals surface area (Å²) in [5.74, 6) is 5.95. The zero-order valence-electron chi connectivity index (χ0n) is 17.1. The largest absolute Gasteiger partial charge is 0.160 e. The summed E-state index contributed by atoms with van der Waals surface area (Å²) >= 11 is 0. The highest BCUT2D eigenvalue weighted by molar-refractivity contribution is 6.94. The minimum atomic E-state index is -1.44. The molecular weight excluding hydrogens is 307 g/mol. The molecule has 23 heavy (non-hydrogen) atoms. The summed E-state index contributed by atoms with van der Waals surface area (Å²) in [5, 5.41) is 0.442. The summed E-state index contributed by atoms with van der Waals surface area (Å²) in [5.41, 5.74) is 4.52. The minimum absolute atomic E-state index is 0.442. The van der Waals surface area contributed by atoms with Crippen LogP contribution < -0.4 is 0 Å². The topological polar surface area (TPSA) is 0 Å². The Morgan fingerprint density at radius 1 is 0.870 bits per heavy atom. The van der Waals surface area contributed by atoms with Crippen LogP contribution in [0, 0.1) is 11.5 Å². The molecular formula is C20H39BSi2. The smallest absolute Gasteiger partial charge is 0.133 e. The molecule has 0 aromatic heterocycles. The van der Waals surface area contributed by atoms with Crippen LogP contribution in [0.15, 0.2) is 0 Å². The zero-order valence-corrected chi connectivity index (χ0v) is 19.1. The highest BCUT2D eigenvalue weighted by Crippen LogP contribution is 2.55. The fourth-order valence-corrected chi connectivity index (χ4v) is 8.40. The van der Waals surface area contributed by atoms with Crippen LogP contribution in [0.2, 0.25) is 54.8 Å². The molecule has 2 bridgehead atoms. The molecule has 1 atom stereocenters. The number of hydrogen-bond donors (Lipinski definition) is 0. The van der Waals surface area contributed by atoms with Gasteiger partial charge in [-0.2, -0.15) is 0 Å². The first-order chi connectivity index (χ1) is 10.4. The number of rotatable bonds is 2. The Morgan fingerprint density at radius 3 is 1.65 bits per heavy atom. The molecule has 2 saturated heterocycles. The second kappa shape index (κ2) is 6.75. The Balaban J connectivity index is 2.42. The van der Waals surface area contributed by atoms with E-state index in [-0.39, 0.29) is 0 Å². The Kier molecular flexibility index (Phi) is 5.69. The van der Waals surface area contributed by atoms with Gasteiger partial charge in [-0.15, -0.1) is 11.5 Å². The van der Waals surface area contributed by atoms with E-state index in [4.69, 9.17) is 0 Å². The lowest BCUT2D eigenvalue weighted by Crippen LogP contribution is -2.52. The van der Waals surface area contributed by atoms with E-state index in [2.05, 4.69) is 65.0 Å². The Labute approximate surface area is 148 Å². The molecule has 1 unspecified atom stereocenters. The maximum atomic E-state index is 3.98. The maximum Gasteiger partial charge on any atom is 0.160 e. The Bertz CT molecular complexity index is 451. The average Bonchev–Trinajstić information content (AvgIpc) is 2.35. The summed E-state index contributed by atoms with van der Waals surface area (Å²) < 4.78 is 0. The van der Waals surface area contributed by atoms with E-state index in [1.54, 1.807) is 0 Å². The summed E-state index contributed by atoms with van der Waals surface area (Å²) in [6.45, 7) is 20.9. The molecule has 2 rings (SSSR count). The lowest BCUT2D eigenvalue weighted by Gasteiger charge is -2.50. The molecule has 0 aliphatic carbocycles. The van der Waals surface area contributed by atoms with E-state index in [0.717, 1.165) is 18.3 Å². The average molecular weight is 347 g/mol. The molecule has 2 aliphatic heterocycles. The normalized spacial score (nSPS) is 27.2. The van der Waals surface area contributed by atoms with Crippen molar-refractivity contribution < 1.29 is 0 Å². The van der Waals surface area contributed by atoms with Crippen molar-refractivity contribution in [2.24, 2.45) is 0 Å². The summed E-state index contributed by atoms with van der Waals surface area (Å²) in [6, 6.07) is 0. The first kappa shape index (κ1) is 19.4. The molecule has 0 spiro atoms. The van der Waals surface area contributed by atoms with Crippen molar-refractivity contribution in [3.8, 4) is 11.5 Å². The molecule has 0 aromatic carbocycles. The van der Waals surface area contributed by atoms with E-state index in [9.17, 15) is 0 Å². The molecule has 2 heterocycles. The van der Waals surface area contributed by atoms with Crippen LogP contribution in [0.1, 0.15) is 59.3 Å². The van der Waals surface area contributed by atoms with Gasteiger partial charge in [0.2, 0.25) is 0 Å². The summed E-state index contributed by atoms with van der Waals surface area (Å²) in [7, 11) is -2.74. The molecule has 2 fully saturated rings. The van der Waals surface area contributed by atoms with Gasteiger partial charge < -0.3 is 0 Å². The third-order valence-electron chi connectivity index (χ3n) is 7.09. The van der Waals surface area contributed by atoms with Gasteiger partial charge in [0, 0.05) is 0 Å². The van der Waals surface area contributed by atoms with Gasteiger partial charge >= 0.3 is 0 Å². The van der Waals surface area contributed by atoms with Crippen molar-refractivity contribution in [3.63, 3.8) is 0 Å². The van der Waals surface area contributed by atoms with Crippen molar-refractivity contribution in [1.82, 2.24) is 0 Å². The molecule has 0 saturated carbocycles. The van der Waals surface area contributed by atoms with Crippen molar-refractivity contribution in [2.45, 2.75) is 114 Å². The molecule has 0 nitrogen and oxygen atoms in total. The monoisotopic (exact) mass is 346 g/mol. The molecule has 2 aliphatic rings. The standard InChI is InChI=1S/C20H39BSi2/c1-20(2,3)23(7,8)19(15-16-22(4,5)6)21-17-11-9-12-18(21)14-10-13-17/h17-19H,9-14H2,1-8H3. The zero-order chi connectivity index (χ0) is 17.5. The summed E-state index contributed by atoms with van der Waals surface area (Å²) in [6.07, 6.45) is 8.92. The van der Waals surface area contributed by atoms with Crippen LogP contribution in [0.5, 0.6) is 0 Å². The first-order valence-corrected chi connectivity index (χ1v) is 16.5. The van der Waals surface area contributed by atoms with Crippen LogP contribution in [0.25, 0.3) is 0 Å². The van der Waals surface area contributed by atoms with Crippen molar-refractivity contribution in [2.75, 3.05) is 0 Å². The Morgan fingerprint density at radius 2 is 1.30 bits per heavy atom. The van der Waals surface area contributed by atoms with Gasteiger partial charge in [0.05, 0.1) is 8.07 Å². The molecule has 0 aromatic rings. The second-order valence-electron chi connectivity index (χ2n) is 10.9. The quantitative estimate of drug-likeness (QED) is 0.377. The van der Waals surface area contributed by atoms with Crippen LogP contribution >= 0.6 is 0 Å². The van der Waals surface area contributed by atoms with Gasteiger partial charge in [0.25, 0.3) is 0 Å². The predicted octanol–water partition coefficient (Wildman–Crippen LogP) is 6.89. The van der Waals surface area contributed by atoms with E-state index < -0.39 is 16.1 Å². The van der Waals surface area contributed by atoms with E-state index in [1.165, 1.54) is 38.5 Å². The molecule has 0 N–H and O–H groups in total. The number of hydrogen-bond acceptors (Lipinski definition) is 0. The Hall–Kier alpha value is 0.0587. The van der Waals surface area contributed by atoms with Crippen LogP contribution in [-0.2, 0) is 0 Å². The molecule has 0 radical (unpaired) electrons. The summed E-state index contributed by atoms with van der Waals surface area (Å²) in [4.78, 5) is 0. The SMILES string of the molecule is CC(C)(C)[Si](C)(C)C(C#C[Si](C)(C)C)B1C2CCCC1CCC2. The lowest BCUT2D eigenvalue weighted by atomic mass is 9.25. The predicted molar refractivity (Wildman–Crippen MR) is 113 cm³/mol. The van der Waals surface area contributed by atoms with Crippen LogP contribution in [0.4, 0.5) is 0 Å². The van der Waals surface area contributed by atoms with Crippen LogP contribution in [0.3, 0.4) is 0 Å². The highest BCUT2D eigenvalue weighted by Gasteiger charge is 2.52. The van der Waals surface area contributed by atoms with Crippen molar-refractivity contribution in [1.29, 1.82) is 0 Å². The van der Waals surface area contributed by atoms with Gasteiger partial charge in [0.15, 0.2) is 6.71 Å². The van der Waals surface area contributed by atoms with Crippen molar-refractivity contribution >= 4 is 22.9 Å². The van der Waals surface area contributed by atoms with E-state index >= 15 is 0 Å². The fourth-order valence-electron chi connectivity index (χ4n) is 4.79. The fraction of sp³-hybridized carbons (Fsp3) is 0.900. The van der Waals surface area contributed by atoms with Gasteiger partial charge in [-0.05, 0) is 10.5 Å². The van der Waals surface area contributed by atoms with E-state index in [1.807, 2.05) is 0 Å². The molecule has 130 valence electrons. The van der Waals surface area contributed by atoms with Crippen molar-refractivity contribution in [3.05, 3.63) is 0 Å². The van der Waals surface area contributed by atoms with E-state index in [0.29, 0.717) is 10.5 Å². The second-order valence-corrected chi connectivity index (χ2v) is 21.2. The van der Waals surface area contributed by atoms with Gasteiger partial charge in [-0.3, -0.25) is 0 Å². The highest BCUT2D eigenvalue weighted by atomic mass is 28.3. The third-order valence-corrected chi connectivity index (χ3v) is 13.9. The third kappa shape index (κ3) is 4.37. The maximum absolute atomic E-state index is 3.98. The van der Waals surface area contributed by atoms with Crippen LogP contribution in [-0.4, -0.2) is 22.9 Å².